The van der Waals surface area contributed by atoms with Gasteiger partial charge < -0.3 is 9.64 Å². The first kappa shape index (κ1) is 16.6. The highest BCUT2D eigenvalue weighted by molar-refractivity contribution is 7.20. The van der Waals surface area contributed by atoms with E-state index in [1.807, 2.05) is 22.9 Å². The summed E-state index contributed by atoms with van der Waals surface area (Å²) in [6.07, 6.45) is 3.42. The van der Waals surface area contributed by atoms with Crippen molar-refractivity contribution in [2.45, 2.75) is 32.8 Å². The molecule has 0 saturated carbocycles. The van der Waals surface area contributed by atoms with Gasteiger partial charge in [-0.15, -0.1) is 22.7 Å². The number of nitrogens with zero attached hydrogens (tertiary/aromatic N) is 2. The van der Waals surface area contributed by atoms with E-state index in [0.717, 1.165) is 29.4 Å². The standard InChI is InChI=1S/C16H18N2O2S2.CH4/c19-16(12-10-22-15(17-12)14-4-2-8-21-14)20-13-5-7-18-6-1-3-11(13)9-18;/h2,4,8,10-11,13H,1,3,5-7,9H2;1H4. The molecule has 3 unspecified atom stereocenters. The molecule has 2 aliphatic rings. The van der Waals surface area contributed by atoms with Crippen molar-refractivity contribution in [3.05, 3.63) is 28.6 Å². The number of esters is 1. The summed E-state index contributed by atoms with van der Waals surface area (Å²) in [5.41, 5.74) is 0.451. The first-order valence-electron chi connectivity index (χ1n) is 7.72. The molecule has 0 amide bonds. The van der Waals surface area contributed by atoms with Crippen molar-refractivity contribution in [2.75, 3.05) is 19.6 Å². The Hall–Kier alpha value is -1.24. The van der Waals surface area contributed by atoms with Crippen LogP contribution in [0.3, 0.4) is 0 Å². The molecule has 2 bridgehead atoms. The number of carbonyl (C=O) groups is 1. The van der Waals surface area contributed by atoms with Crippen LogP contribution in [0.5, 0.6) is 0 Å². The molecule has 0 aromatic carbocycles. The van der Waals surface area contributed by atoms with Crippen LogP contribution < -0.4 is 0 Å². The smallest absolute Gasteiger partial charge is 0.358 e. The van der Waals surface area contributed by atoms with Crippen LogP contribution in [0.25, 0.3) is 9.88 Å². The molecule has 4 nitrogen and oxygen atoms in total. The Morgan fingerprint density at radius 2 is 2.22 bits per heavy atom. The number of carbonyl (C=O) groups excluding carboxylic acids is 1. The third-order valence-electron chi connectivity index (χ3n) is 4.50. The van der Waals surface area contributed by atoms with E-state index in [0.29, 0.717) is 11.6 Å². The summed E-state index contributed by atoms with van der Waals surface area (Å²) in [6.45, 7) is 3.33. The number of ether oxygens (including phenoxy) is 1. The average molecular weight is 351 g/mol. The predicted octanol–water partition coefficient (Wildman–Crippen LogP) is 4.15. The topological polar surface area (TPSA) is 42.4 Å². The van der Waals surface area contributed by atoms with Crippen molar-refractivity contribution in [3.8, 4) is 9.88 Å². The zero-order valence-electron chi connectivity index (χ0n) is 12.2. The molecule has 0 N–H and O–H groups in total. The largest absolute Gasteiger partial charge is 0.457 e. The fraction of sp³-hybridized carbons (Fsp3) is 0.529. The van der Waals surface area contributed by atoms with Crippen LogP contribution in [-0.2, 0) is 4.74 Å². The summed E-state index contributed by atoms with van der Waals surface area (Å²) in [4.78, 5) is 20.4. The van der Waals surface area contributed by atoms with E-state index in [1.165, 1.54) is 30.7 Å². The molecule has 2 aliphatic heterocycles. The molecule has 0 spiro atoms. The lowest BCUT2D eigenvalue weighted by molar-refractivity contribution is -0.0296. The second-order valence-electron chi connectivity index (χ2n) is 5.95. The van der Waals surface area contributed by atoms with E-state index in [4.69, 9.17) is 4.74 Å². The van der Waals surface area contributed by atoms with Gasteiger partial charge >= 0.3 is 5.97 Å². The number of thiophene rings is 1. The Labute approximate surface area is 145 Å². The van der Waals surface area contributed by atoms with Gasteiger partial charge in [0.25, 0.3) is 0 Å². The van der Waals surface area contributed by atoms with Gasteiger partial charge in [-0.2, -0.15) is 0 Å². The van der Waals surface area contributed by atoms with Gasteiger partial charge in [-0.25, -0.2) is 9.78 Å². The second kappa shape index (κ2) is 7.11. The third kappa shape index (κ3) is 3.49. The van der Waals surface area contributed by atoms with Gasteiger partial charge in [-0.3, -0.25) is 0 Å². The van der Waals surface area contributed by atoms with Gasteiger partial charge in [0.15, 0.2) is 5.69 Å². The van der Waals surface area contributed by atoms with Gasteiger partial charge in [-0.05, 0) is 37.3 Å². The van der Waals surface area contributed by atoms with E-state index in [2.05, 4.69) is 9.88 Å². The molecule has 4 rings (SSSR count). The Bertz CT molecular complexity index is 653. The molecule has 0 aliphatic carbocycles. The van der Waals surface area contributed by atoms with Crippen LogP contribution in [0.4, 0.5) is 0 Å². The van der Waals surface area contributed by atoms with Crippen molar-refractivity contribution in [3.63, 3.8) is 0 Å². The van der Waals surface area contributed by atoms with Gasteiger partial charge in [-0.1, -0.05) is 13.5 Å². The van der Waals surface area contributed by atoms with Gasteiger partial charge in [0.2, 0.25) is 0 Å². The molecule has 2 aromatic heterocycles. The Kier molecular flexibility index (Phi) is 5.14. The maximum absolute atomic E-state index is 12.4. The minimum Gasteiger partial charge on any atom is -0.457 e. The highest BCUT2D eigenvalue weighted by atomic mass is 32.1. The van der Waals surface area contributed by atoms with E-state index in [-0.39, 0.29) is 19.5 Å². The third-order valence-corrected chi connectivity index (χ3v) is 6.38. The zero-order valence-corrected chi connectivity index (χ0v) is 13.9. The van der Waals surface area contributed by atoms with Crippen molar-refractivity contribution in [1.29, 1.82) is 0 Å². The SMILES string of the molecule is C.O=C(OC1CCN2CCCC1C2)c1csc(-c2cccs2)n1. The highest BCUT2D eigenvalue weighted by Gasteiger charge is 2.34. The lowest BCUT2D eigenvalue weighted by atomic mass is 9.87. The van der Waals surface area contributed by atoms with Crippen molar-refractivity contribution < 1.29 is 9.53 Å². The number of hydrogen-bond donors (Lipinski definition) is 0. The number of hydrogen-bond acceptors (Lipinski definition) is 6. The maximum atomic E-state index is 12.4. The van der Waals surface area contributed by atoms with Crippen LogP contribution >= 0.6 is 22.7 Å². The molecule has 124 valence electrons. The monoisotopic (exact) mass is 350 g/mol. The minimum absolute atomic E-state index is 0. The molecular formula is C17H22N2O2S2. The molecular weight excluding hydrogens is 328 g/mol. The molecule has 2 saturated heterocycles. The van der Waals surface area contributed by atoms with Crippen LogP contribution in [-0.4, -0.2) is 41.6 Å². The predicted molar refractivity (Wildman–Crippen MR) is 95.1 cm³/mol. The molecule has 6 heteroatoms. The normalized spacial score (nSPS) is 26.3. The summed E-state index contributed by atoms with van der Waals surface area (Å²) < 4.78 is 5.78. The summed E-state index contributed by atoms with van der Waals surface area (Å²) >= 11 is 3.14. The Morgan fingerprint density at radius 1 is 1.30 bits per heavy atom. The fourth-order valence-corrected chi connectivity index (χ4v) is 4.98. The van der Waals surface area contributed by atoms with Gasteiger partial charge in [0.1, 0.15) is 11.1 Å². The average Bonchev–Trinajstić information content (AvgIpc) is 3.20. The van der Waals surface area contributed by atoms with E-state index < -0.39 is 0 Å². The summed E-state index contributed by atoms with van der Waals surface area (Å²) in [5.74, 6) is 0.241. The molecule has 2 fully saturated rings. The van der Waals surface area contributed by atoms with Gasteiger partial charge in [0.05, 0.1) is 4.88 Å². The molecule has 23 heavy (non-hydrogen) atoms. The molecule has 3 atom stereocenters. The highest BCUT2D eigenvalue weighted by Crippen LogP contribution is 2.31. The van der Waals surface area contributed by atoms with Crippen LogP contribution in [0.2, 0.25) is 0 Å². The number of piperidine rings is 2. The molecule has 4 heterocycles. The fourth-order valence-electron chi connectivity index (χ4n) is 3.38. The van der Waals surface area contributed by atoms with Crippen molar-refractivity contribution in [2.24, 2.45) is 5.92 Å². The maximum Gasteiger partial charge on any atom is 0.358 e. The first-order chi connectivity index (χ1) is 10.8. The number of aromatic nitrogens is 1. The molecule has 2 aromatic rings. The number of fused-ring (bicyclic) bond motifs is 2. The Morgan fingerprint density at radius 3 is 3.04 bits per heavy atom. The van der Waals surface area contributed by atoms with Crippen LogP contribution in [0, 0.1) is 5.92 Å². The van der Waals surface area contributed by atoms with E-state index >= 15 is 0 Å². The van der Waals surface area contributed by atoms with Crippen LogP contribution in [0.1, 0.15) is 37.2 Å². The number of thiazole rings is 1. The van der Waals surface area contributed by atoms with E-state index in [9.17, 15) is 4.79 Å². The van der Waals surface area contributed by atoms with Crippen molar-refractivity contribution >= 4 is 28.6 Å². The lowest BCUT2D eigenvalue weighted by Gasteiger charge is -2.41. The van der Waals surface area contributed by atoms with Gasteiger partial charge in [0, 0.05) is 24.4 Å². The summed E-state index contributed by atoms with van der Waals surface area (Å²) in [6, 6.07) is 4.02. The minimum atomic E-state index is -0.261. The van der Waals surface area contributed by atoms with Crippen molar-refractivity contribution in [1.82, 2.24) is 9.88 Å². The number of rotatable bonds is 3. The lowest BCUT2D eigenvalue weighted by Crippen LogP contribution is -2.48. The first-order valence-corrected chi connectivity index (χ1v) is 9.48. The van der Waals surface area contributed by atoms with Crippen LogP contribution in [0.15, 0.2) is 22.9 Å². The quantitative estimate of drug-likeness (QED) is 0.780. The second-order valence-corrected chi connectivity index (χ2v) is 7.76. The summed E-state index contributed by atoms with van der Waals surface area (Å²) in [7, 11) is 0. The summed E-state index contributed by atoms with van der Waals surface area (Å²) in [5, 5.41) is 4.73. The molecule has 0 radical (unpaired) electrons. The van der Waals surface area contributed by atoms with E-state index in [1.54, 1.807) is 11.3 Å². The Balaban J connectivity index is 0.00000156. The zero-order chi connectivity index (χ0) is 14.9.